The SMILES string of the molecule is CCn1c(-c2ccc(F)cc2)c(C(C)C(=O)O)c2cc(Cl)ccc21. The van der Waals surface area contributed by atoms with E-state index in [1.165, 1.54) is 12.1 Å². The number of carboxylic acid groups (broad SMARTS) is 1. The number of halogens is 2. The number of rotatable bonds is 4. The van der Waals surface area contributed by atoms with E-state index in [-0.39, 0.29) is 5.82 Å². The Labute approximate surface area is 144 Å². The third-order valence-corrected chi connectivity index (χ3v) is 4.54. The number of aryl methyl sites for hydroxylation is 1. The van der Waals surface area contributed by atoms with Crippen LogP contribution in [0.15, 0.2) is 42.5 Å². The maximum atomic E-state index is 13.3. The largest absolute Gasteiger partial charge is 0.481 e. The Kier molecular flexibility index (Phi) is 4.33. The summed E-state index contributed by atoms with van der Waals surface area (Å²) < 4.78 is 15.4. The van der Waals surface area contributed by atoms with Crippen LogP contribution in [0.5, 0.6) is 0 Å². The van der Waals surface area contributed by atoms with Crippen molar-refractivity contribution in [3.05, 3.63) is 58.9 Å². The summed E-state index contributed by atoms with van der Waals surface area (Å²) in [6.07, 6.45) is 0. The second kappa shape index (κ2) is 6.29. The molecule has 124 valence electrons. The first-order valence-electron chi connectivity index (χ1n) is 7.74. The van der Waals surface area contributed by atoms with Crippen LogP contribution in [0.4, 0.5) is 4.39 Å². The second-order valence-electron chi connectivity index (χ2n) is 5.73. The third kappa shape index (κ3) is 2.67. The highest BCUT2D eigenvalue weighted by Gasteiger charge is 2.26. The van der Waals surface area contributed by atoms with Gasteiger partial charge in [-0.15, -0.1) is 0 Å². The fourth-order valence-electron chi connectivity index (χ4n) is 3.16. The molecule has 0 amide bonds. The fraction of sp³-hybridized carbons (Fsp3) is 0.211. The molecule has 3 aromatic rings. The summed E-state index contributed by atoms with van der Waals surface area (Å²) in [6, 6.07) is 11.6. The highest BCUT2D eigenvalue weighted by atomic mass is 35.5. The Bertz CT molecular complexity index is 915. The van der Waals surface area contributed by atoms with Crippen LogP contribution in [0.2, 0.25) is 5.02 Å². The highest BCUT2D eigenvalue weighted by molar-refractivity contribution is 6.31. The van der Waals surface area contributed by atoms with E-state index in [1.807, 2.05) is 17.6 Å². The van der Waals surface area contributed by atoms with Gasteiger partial charge in [0.1, 0.15) is 5.82 Å². The van der Waals surface area contributed by atoms with Crippen molar-refractivity contribution in [2.75, 3.05) is 0 Å². The van der Waals surface area contributed by atoms with Crippen molar-refractivity contribution < 1.29 is 14.3 Å². The number of carbonyl (C=O) groups is 1. The summed E-state index contributed by atoms with van der Waals surface area (Å²) in [7, 11) is 0. The van der Waals surface area contributed by atoms with Crippen molar-refractivity contribution >= 4 is 28.5 Å². The number of aromatic nitrogens is 1. The van der Waals surface area contributed by atoms with Crippen molar-refractivity contribution in [1.29, 1.82) is 0 Å². The van der Waals surface area contributed by atoms with Gasteiger partial charge in [-0.05, 0) is 67.4 Å². The minimum Gasteiger partial charge on any atom is -0.481 e. The quantitative estimate of drug-likeness (QED) is 0.696. The molecule has 5 heteroatoms. The summed E-state index contributed by atoms with van der Waals surface area (Å²) >= 11 is 6.14. The maximum absolute atomic E-state index is 13.3. The fourth-order valence-corrected chi connectivity index (χ4v) is 3.33. The van der Waals surface area contributed by atoms with Crippen LogP contribution in [-0.2, 0) is 11.3 Å². The van der Waals surface area contributed by atoms with Gasteiger partial charge >= 0.3 is 5.97 Å². The van der Waals surface area contributed by atoms with Crippen molar-refractivity contribution in [3.8, 4) is 11.3 Å². The molecule has 0 radical (unpaired) electrons. The summed E-state index contributed by atoms with van der Waals surface area (Å²) in [5.74, 6) is -1.94. The number of fused-ring (bicyclic) bond motifs is 1. The van der Waals surface area contributed by atoms with Gasteiger partial charge in [0.25, 0.3) is 0 Å². The van der Waals surface area contributed by atoms with Gasteiger partial charge in [0.05, 0.1) is 11.6 Å². The van der Waals surface area contributed by atoms with Gasteiger partial charge < -0.3 is 9.67 Å². The monoisotopic (exact) mass is 345 g/mol. The average molecular weight is 346 g/mol. The van der Waals surface area contributed by atoms with Crippen LogP contribution in [0, 0.1) is 5.82 Å². The van der Waals surface area contributed by atoms with Crippen LogP contribution >= 0.6 is 11.6 Å². The van der Waals surface area contributed by atoms with Gasteiger partial charge in [-0.3, -0.25) is 4.79 Å². The molecule has 0 saturated heterocycles. The standard InChI is InChI=1S/C19H17ClFNO2/c1-3-22-16-9-6-13(20)10-15(16)17(11(2)19(23)24)18(22)12-4-7-14(21)8-5-12/h4-11H,3H2,1-2H3,(H,23,24). The van der Waals surface area contributed by atoms with E-state index in [2.05, 4.69) is 0 Å². The smallest absolute Gasteiger partial charge is 0.310 e. The number of carboxylic acids is 1. The number of hydrogen-bond donors (Lipinski definition) is 1. The first kappa shape index (κ1) is 16.5. The van der Waals surface area contributed by atoms with Gasteiger partial charge in [-0.25, -0.2) is 4.39 Å². The molecule has 0 aliphatic heterocycles. The molecule has 0 aliphatic carbocycles. The lowest BCUT2D eigenvalue weighted by atomic mass is 9.94. The van der Waals surface area contributed by atoms with Gasteiger partial charge in [-0.2, -0.15) is 0 Å². The third-order valence-electron chi connectivity index (χ3n) is 4.30. The Morgan fingerprint density at radius 1 is 1.25 bits per heavy atom. The lowest BCUT2D eigenvalue weighted by Gasteiger charge is -2.13. The van der Waals surface area contributed by atoms with Crippen molar-refractivity contribution in [2.24, 2.45) is 0 Å². The summed E-state index contributed by atoms with van der Waals surface area (Å²) in [5, 5.41) is 10.9. The van der Waals surface area contributed by atoms with E-state index in [9.17, 15) is 14.3 Å². The van der Waals surface area contributed by atoms with Gasteiger partial charge in [0, 0.05) is 22.5 Å². The van der Waals surface area contributed by atoms with E-state index in [1.54, 1.807) is 31.2 Å². The molecular weight excluding hydrogens is 329 g/mol. The molecule has 1 atom stereocenters. The van der Waals surface area contributed by atoms with Crippen LogP contribution < -0.4 is 0 Å². The Morgan fingerprint density at radius 3 is 2.50 bits per heavy atom. The molecule has 0 saturated carbocycles. The Morgan fingerprint density at radius 2 is 1.92 bits per heavy atom. The molecule has 3 nitrogen and oxygen atoms in total. The van der Waals surface area contributed by atoms with Gasteiger partial charge in [0.2, 0.25) is 0 Å². The molecule has 2 aromatic carbocycles. The maximum Gasteiger partial charge on any atom is 0.310 e. The second-order valence-corrected chi connectivity index (χ2v) is 6.17. The normalized spacial score (nSPS) is 12.5. The molecule has 0 bridgehead atoms. The van der Waals surface area contributed by atoms with E-state index < -0.39 is 11.9 Å². The van der Waals surface area contributed by atoms with Crippen molar-refractivity contribution in [1.82, 2.24) is 4.57 Å². The van der Waals surface area contributed by atoms with Crippen LogP contribution in [0.1, 0.15) is 25.3 Å². The molecule has 24 heavy (non-hydrogen) atoms. The van der Waals surface area contributed by atoms with E-state index in [0.717, 1.165) is 22.2 Å². The Hall–Kier alpha value is -2.33. The lowest BCUT2D eigenvalue weighted by molar-refractivity contribution is -0.138. The predicted octanol–water partition coefficient (Wildman–Crippen LogP) is 5.31. The van der Waals surface area contributed by atoms with Crippen molar-refractivity contribution in [2.45, 2.75) is 26.3 Å². The van der Waals surface area contributed by atoms with Crippen LogP contribution in [0.25, 0.3) is 22.2 Å². The zero-order valence-electron chi connectivity index (χ0n) is 13.4. The summed E-state index contributed by atoms with van der Waals surface area (Å²) in [4.78, 5) is 11.7. The topological polar surface area (TPSA) is 42.2 Å². The number of nitrogens with zero attached hydrogens (tertiary/aromatic N) is 1. The van der Waals surface area contributed by atoms with Gasteiger partial charge in [-0.1, -0.05) is 11.6 Å². The highest BCUT2D eigenvalue weighted by Crippen LogP contribution is 2.39. The zero-order chi connectivity index (χ0) is 17.4. The van der Waals surface area contributed by atoms with Crippen molar-refractivity contribution in [3.63, 3.8) is 0 Å². The Balaban J connectivity index is 2.42. The van der Waals surface area contributed by atoms with Gasteiger partial charge in [0.15, 0.2) is 0 Å². The predicted molar refractivity (Wildman–Crippen MR) is 94.1 cm³/mol. The molecule has 1 N–H and O–H groups in total. The van der Waals surface area contributed by atoms with E-state index in [4.69, 9.17) is 11.6 Å². The molecule has 0 spiro atoms. The first-order chi connectivity index (χ1) is 11.4. The molecular formula is C19H17ClFNO2. The van der Waals surface area contributed by atoms with Crippen LogP contribution in [-0.4, -0.2) is 15.6 Å². The number of benzene rings is 2. The minimum atomic E-state index is -0.909. The minimum absolute atomic E-state index is 0.325. The van der Waals surface area contributed by atoms with Crippen LogP contribution in [0.3, 0.4) is 0 Å². The summed E-state index contributed by atoms with van der Waals surface area (Å²) in [6.45, 7) is 4.32. The van der Waals surface area contributed by atoms with E-state index in [0.29, 0.717) is 17.1 Å². The molecule has 0 aliphatic rings. The zero-order valence-corrected chi connectivity index (χ0v) is 14.1. The molecule has 1 aromatic heterocycles. The molecule has 0 fully saturated rings. The molecule has 3 rings (SSSR count). The molecule has 1 unspecified atom stereocenters. The number of hydrogen-bond acceptors (Lipinski definition) is 1. The summed E-state index contributed by atoms with van der Waals surface area (Å²) in [5.41, 5.74) is 3.20. The average Bonchev–Trinajstić information content (AvgIpc) is 2.87. The first-order valence-corrected chi connectivity index (χ1v) is 8.12. The lowest BCUT2D eigenvalue weighted by Crippen LogP contribution is -2.09. The van der Waals surface area contributed by atoms with E-state index >= 15 is 0 Å². The molecule has 1 heterocycles. The number of aliphatic carboxylic acids is 1.